The van der Waals surface area contributed by atoms with Gasteiger partial charge in [0.2, 0.25) is 0 Å². The molecule has 0 amide bonds. The standard InChI is InChI=1S/C8H6IN3/c9-7-4-12-8-6(7)1-5(2-10)3-11-8/h1,4,11-12H,3H2. The van der Waals surface area contributed by atoms with Crippen molar-refractivity contribution in [3.05, 3.63) is 20.9 Å². The van der Waals surface area contributed by atoms with Crippen LogP contribution in [0.15, 0.2) is 11.8 Å². The Bertz CT molecular complexity index is 383. The van der Waals surface area contributed by atoms with Crippen molar-refractivity contribution in [1.82, 2.24) is 4.98 Å². The maximum atomic E-state index is 8.67. The van der Waals surface area contributed by atoms with Crippen LogP contribution in [0.5, 0.6) is 0 Å². The number of rotatable bonds is 0. The van der Waals surface area contributed by atoms with Gasteiger partial charge < -0.3 is 10.3 Å². The molecule has 0 unspecified atom stereocenters. The first-order chi connectivity index (χ1) is 5.81. The van der Waals surface area contributed by atoms with Crippen LogP contribution in [0.3, 0.4) is 0 Å². The highest BCUT2D eigenvalue weighted by Crippen LogP contribution is 2.26. The molecule has 0 aliphatic carbocycles. The van der Waals surface area contributed by atoms with Crippen LogP contribution in [0.2, 0.25) is 0 Å². The Morgan fingerprint density at radius 3 is 3.17 bits per heavy atom. The van der Waals surface area contributed by atoms with Gasteiger partial charge in [0, 0.05) is 20.9 Å². The maximum absolute atomic E-state index is 8.67. The molecule has 1 aromatic rings. The zero-order valence-corrected chi connectivity index (χ0v) is 8.34. The fraction of sp³-hybridized carbons (Fsp3) is 0.125. The molecule has 2 rings (SSSR count). The third-order valence-electron chi connectivity index (χ3n) is 1.79. The fourth-order valence-corrected chi connectivity index (χ4v) is 1.76. The van der Waals surface area contributed by atoms with E-state index in [4.69, 9.17) is 5.26 Å². The van der Waals surface area contributed by atoms with Crippen LogP contribution in [-0.2, 0) is 0 Å². The molecule has 12 heavy (non-hydrogen) atoms. The van der Waals surface area contributed by atoms with Gasteiger partial charge in [-0.3, -0.25) is 0 Å². The van der Waals surface area contributed by atoms with Gasteiger partial charge in [0.05, 0.1) is 12.6 Å². The van der Waals surface area contributed by atoms with E-state index in [2.05, 4.69) is 39.0 Å². The van der Waals surface area contributed by atoms with Crippen molar-refractivity contribution < 1.29 is 0 Å². The van der Waals surface area contributed by atoms with Crippen LogP contribution < -0.4 is 5.32 Å². The van der Waals surface area contributed by atoms with Crippen LogP contribution in [0.25, 0.3) is 6.08 Å². The molecular weight excluding hydrogens is 265 g/mol. The number of hydrogen-bond donors (Lipinski definition) is 2. The Kier molecular flexibility index (Phi) is 1.81. The van der Waals surface area contributed by atoms with Gasteiger partial charge in [-0.1, -0.05) is 0 Å². The van der Waals surface area contributed by atoms with Gasteiger partial charge in [-0.05, 0) is 28.7 Å². The zero-order valence-electron chi connectivity index (χ0n) is 6.19. The van der Waals surface area contributed by atoms with Gasteiger partial charge in [-0.25, -0.2) is 0 Å². The lowest BCUT2D eigenvalue weighted by atomic mass is 10.1. The van der Waals surface area contributed by atoms with Gasteiger partial charge in [0.15, 0.2) is 0 Å². The first-order valence-corrected chi connectivity index (χ1v) is 4.60. The number of nitriles is 1. The number of nitrogens with zero attached hydrogens (tertiary/aromatic N) is 1. The highest BCUT2D eigenvalue weighted by Gasteiger charge is 2.12. The number of nitrogens with one attached hydrogen (secondary N) is 2. The third kappa shape index (κ3) is 1.10. The largest absolute Gasteiger partial charge is 0.366 e. The molecule has 0 aromatic carbocycles. The number of halogens is 1. The van der Waals surface area contributed by atoms with E-state index < -0.39 is 0 Å². The van der Waals surface area contributed by atoms with Crippen LogP contribution in [-0.4, -0.2) is 11.5 Å². The second-order valence-corrected chi connectivity index (χ2v) is 3.72. The number of anilines is 1. The van der Waals surface area contributed by atoms with Crippen molar-refractivity contribution in [3.63, 3.8) is 0 Å². The molecule has 1 aliphatic rings. The number of hydrogen-bond acceptors (Lipinski definition) is 2. The summed E-state index contributed by atoms with van der Waals surface area (Å²) >= 11 is 2.24. The number of aromatic nitrogens is 1. The summed E-state index contributed by atoms with van der Waals surface area (Å²) in [5.41, 5.74) is 1.87. The van der Waals surface area contributed by atoms with E-state index in [1.165, 1.54) is 0 Å². The predicted octanol–water partition coefficient (Wildman–Crippen LogP) is 1.95. The summed E-state index contributed by atoms with van der Waals surface area (Å²) in [6.45, 7) is 0.625. The number of aromatic amines is 1. The highest BCUT2D eigenvalue weighted by atomic mass is 127. The maximum Gasteiger partial charge on any atom is 0.112 e. The molecule has 3 nitrogen and oxygen atoms in total. The summed E-state index contributed by atoms with van der Waals surface area (Å²) < 4.78 is 1.14. The summed E-state index contributed by atoms with van der Waals surface area (Å²) in [4.78, 5) is 3.10. The highest BCUT2D eigenvalue weighted by molar-refractivity contribution is 14.1. The molecule has 0 spiro atoms. The van der Waals surface area contributed by atoms with E-state index in [0.29, 0.717) is 6.54 Å². The Balaban J connectivity index is 2.53. The summed E-state index contributed by atoms with van der Waals surface area (Å²) in [7, 11) is 0. The van der Waals surface area contributed by atoms with Crippen LogP contribution in [0.4, 0.5) is 5.82 Å². The predicted molar refractivity (Wildman–Crippen MR) is 55.6 cm³/mol. The van der Waals surface area contributed by atoms with Gasteiger partial charge in [0.25, 0.3) is 0 Å². The molecular formula is C8H6IN3. The van der Waals surface area contributed by atoms with Crippen molar-refractivity contribution in [3.8, 4) is 6.07 Å². The molecule has 2 heterocycles. The van der Waals surface area contributed by atoms with Gasteiger partial charge >= 0.3 is 0 Å². The number of fused-ring (bicyclic) bond motifs is 1. The van der Waals surface area contributed by atoms with E-state index in [1.807, 2.05) is 12.3 Å². The lowest BCUT2D eigenvalue weighted by Gasteiger charge is -2.10. The molecule has 0 bridgehead atoms. The second-order valence-electron chi connectivity index (χ2n) is 2.56. The monoisotopic (exact) mass is 271 g/mol. The lowest BCUT2D eigenvalue weighted by molar-refractivity contribution is 1.20. The number of H-pyrrole nitrogens is 1. The van der Waals surface area contributed by atoms with E-state index >= 15 is 0 Å². The minimum absolute atomic E-state index is 0.625. The SMILES string of the molecule is N#CC1=Cc2c(I)c[nH]c2NC1. The van der Waals surface area contributed by atoms with Crippen LogP contribution >= 0.6 is 22.6 Å². The molecule has 1 aliphatic heterocycles. The van der Waals surface area contributed by atoms with Crippen molar-refractivity contribution in [2.24, 2.45) is 0 Å². The van der Waals surface area contributed by atoms with E-state index in [9.17, 15) is 0 Å². The topological polar surface area (TPSA) is 51.6 Å². The molecule has 0 radical (unpaired) electrons. The van der Waals surface area contributed by atoms with E-state index in [0.717, 1.165) is 20.5 Å². The summed E-state index contributed by atoms with van der Waals surface area (Å²) in [5, 5.41) is 11.8. The Morgan fingerprint density at radius 2 is 2.42 bits per heavy atom. The fourth-order valence-electron chi connectivity index (χ4n) is 1.18. The average Bonchev–Trinajstić information content (AvgIpc) is 2.47. The summed E-state index contributed by atoms with van der Waals surface area (Å²) in [6.07, 6.45) is 3.85. The second kappa shape index (κ2) is 2.83. The summed E-state index contributed by atoms with van der Waals surface area (Å²) in [6, 6.07) is 2.14. The van der Waals surface area contributed by atoms with E-state index in [-0.39, 0.29) is 0 Å². The van der Waals surface area contributed by atoms with E-state index in [1.54, 1.807) is 0 Å². The Morgan fingerprint density at radius 1 is 1.58 bits per heavy atom. The first kappa shape index (κ1) is 7.68. The lowest BCUT2D eigenvalue weighted by Crippen LogP contribution is -2.09. The Hall–Kier alpha value is -0.960. The zero-order chi connectivity index (χ0) is 8.55. The summed E-state index contributed by atoms with van der Waals surface area (Å²) in [5.74, 6) is 1.01. The molecule has 0 atom stereocenters. The minimum Gasteiger partial charge on any atom is -0.366 e. The first-order valence-electron chi connectivity index (χ1n) is 3.52. The molecule has 0 saturated carbocycles. The van der Waals surface area contributed by atoms with Crippen molar-refractivity contribution in [2.45, 2.75) is 0 Å². The van der Waals surface area contributed by atoms with Crippen LogP contribution in [0.1, 0.15) is 5.56 Å². The van der Waals surface area contributed by atoms with Crippen molar-refractivity contribution in [1.29, 1.82) is 5.26 Å². The van der Waals surface area contributed by atoms with Gasteiger partial charge in [-0.2, -0.15) is 5.26 Å². The quantitative estimate of drug-likeness (QED) is 0.708. The van der Waals surface area contributed by atoms with Gasteiger partial charge in [0.1, 0.15) is 5.82 Å². The molecule has 1 aromatic heterocycles. The average molecular weight is 271 g/mol. The van der Waals surface area contributed by atoms with Gasteiger partial charge in [-0.15, -0.1) is 0 Å². The molecule has 0 saturated heterocycles. The molecule has 0 fully saturated rings. The smallest absolute Gasteiger partial charge is 0.112 e. The third-order valence-corrected chi connectivity index (χ3v) is 2.68. The minimum atomic E-state index is 0.625. The molecule has 60 valence electrons. The normalized spacial score (nSPS) is 14.2. The molecule has 4 heteroatoms. The van der Waals surface area contributed by atoms with Crippen LogP contribution in [0, 0.1) is 14.9 Å². The van der Waals surface area contributed by atoms with Crippen molar-refractivity contribution >= 4 is 34.5 Å². The molecule has 2 N–H and O–H groups in total. The van der Waals surface area contributed by atoms with Crippen molar-refractivity contribution in [2.75, 3.05) is 11.9 Å². The Labute approximate surface area is 83.6 Å².